The van der Waals surface area contributed by atoms with E-state index in [1.54, 1.807) is 0 Å². The van der Waals surface area contributed by atoms with Crippen LogP contribution in [0, 0.1) is 10.1 Å². The lowest BCUT2D eigenvalue weighted by atomic mass is 9.80. The van der Waals surface area contributed by atoms with Crippen molar-refractivity contribution in [2.24, 2.45) is 0 Å². The number of nitrogens with one attached hydrogen (secondary N) is 2. The first-order valence-electron chi connectivity index (χ1n) is 12.1. The molecule has 2 aliphatic heterocycles. The van der Waals surface area contributed by atoms with Crippen molar-refractivity contribution in [1.82, 2.24) is 10.6 Å². The number of esters is 2. The fourth-order valence-corrected chi connectivity index (χ4v) is 4.34. The second kappa shape index (κ2) is 12.6. The molecule has 0 bridgehead atoms. The van der Waals surface area contributed by atoms with Crippen LogP contribution in [0.1, 0.15) is 43.4 Å². The summed E-state index contributed by atoms with van der Waals surface area (Å²) < 4.78 is 51.1. The molecule has 12 heteroatoms. The number of nitro benzene ring substituents is 1. The van der Waals surface area contributed by atoms with E-state index in [0.717, 1.165) is 25.2 Å². The molecule has 0 saturated carbocycles. The molecule has 2 aliphatic rings. The van der Waals surface area contributed by atoms with Gasteiger partial charge in [0.05, 0.1) is 35.2 Å². The van der Waals surface area contributed by atoms with Gasteiger partial charge in [-0.3, -0.25) is 10.1 Å². The molecule has 0 aliphatic carbocycles. The summed E-state index contributed by atoms with van der Waals surface area (Å²) in [5.74, 6) is -3.84. The summed E-state index contributed by atoms with van der Waals surface area (Å²) in [5, 5.41) is 16.5. The number of benzene rings is 2. The first-order valence-corrected chi connectivity index (χ1v) is 12.1. The Bertz CT molecular complexity index is 1300. The number of rotatable bonds is 6. The average Bonchev–Trinajstić information content (AvgIpc) is 3.37. The third kappa shape index (κ3) is 6.82. The average molecular weight is 548 g/mol. The van der Waals surface area contributed by atoms with Crippen molar-refractivity contribution >= 4 is 17.6 Å². The Hall–Kier alpha value is -4.19. The number of hydrogen-bond donors (Lipinski definition) is 2. The summed E-state index contributed by atoms with van der Waals surface area (Å²) in [6.07, 6.45) is -4.98. The predicted octanol–water partition coefficient (Wildman–Crippen LogP) is 4.79. The minimum Gasteiger partial charge on any atom is -0.463 e. The highest BCUT2D eigenvalue weighted by molar-refractivity contribution is 6.00. The molecule has 1 unspecified atom stereocenters. The summed E-state index contributed by atoms with van der Waals surface area (Å²) >= 11 is 0. The van der Waals surface area contributed by atoms with E-state index in [0.29, 0.717) is 0 Å². The molecular formula is C27H28F3N3O6. The lowest BCUT2D eigenvalue weighted by molar-refractivity contribution is -0.384. The van der Waals surface area contributed by atoms with E-state index in [9.17, 15) is 32.9 Å². The van der Waals surface area contributed by atoms with Gasteiger partial charge in [0.15, 0.2) is 0 Å². The third-order valence-electron chi connectivity index (χ3n) is 6.00. The molecule has 2 N–H and O–H groups in total. The van der Waals surface area contributed by atoms with Gasteiger partial charge >= 0.3 is 18.1 Å². The van der Waals surface area contributed by atoms with Crippen molar-refractivity contribution in [3.8, 4) is 0 Å². The number of nitrogens with zero attached hydrogens (tertiary/aromatic N) is 1. The van der Waals surface area contributed by atoms with Crippen LogP contribution in [-0.4, -0.2) is 36.3 Å². The van der Waals surface area contributed by atoms with Crippen LogP contribution in [-0.2, 0) is 32.2 Å². The van der Waals surface area contributed by atoms with Crippen LogP contribution in [0.25, 0.3) is 0 Å². The lowest BCUT2D eigenvalue weighted by Gasteiger charge is -2.32. The topological polar surface area (TPSA) is 120 Å². The highest BCUT2D eigenvalue weighted by Crippen LogP contribution is 2.44. The molecule has 4 rings (SSSR count). The summed E-state index contributed by atoms with van der Waals surface area (Å²) in [7, 11) is 0. The Kier molecular flexibility index (Phi) is 9.47. The van der Waals surface area contributed by atoms with Crippen LogP contribution in [0.5, 0.6) is 0 Å². The van der Waals surface area contributed by atoms with Gasteiger partial charge in [-0.15, -0.1) is 0 Å². The van der Waals surface area contributed by atoms with Crippen LogP contribution in [0.2, 0.25) is 0 Å². The van der Waals surface area contributed by atoms with Crippen molar-refractivity contribution in [1.29, 1.82) is 0 Å². The van der Waals surface area contributed by atoms with Gasteiger partial charge in [0.1, 0.15) is 5.70 Å². The standard InChI is InChI=1S/C19H19F3N2O6.C8H9N/c1-4-29-17(25)13-10(3)23-16(19(20,21)22)15(18(26)30-5-2)14(13)11-7-6-8-12(9-11)24(27)28;1-2-4-8-6-9-5-7(8)3-1/h6-9,14,23H,4-5H2,1-3H3;1-4,9H,5-6H2. The zero-order chi connectivity index (χ0) is 28.7. The predicted molar refractivity (Wildman–Crippen MR) is 135 cm³/mol. The monoisotopic (exact) mass is 547 g/mol. The van der Waals surface area contributed by atoms with Crippen LogP contribution < -0.4 is 10.6 Å². The normalized spacial score (nSPS) is 16.5. The minimum atomic E-state index is -4.98. The third-order valence-corrected chi connectivity index (χ3v) is 6.00. The van der Waals surface area contributed by atoms with Gasteiger partial charge in [-0.2, -0.15) is 13.2 Å². The van der Waals surface area contributed by atoms with Crippen LogP contribution in [0.4, 0.5) is 18.9 Å². The maximum Gasteiger partial charge on any atom is 0.431 e. The van der Waals surface area contributed by atoms with Gasteiger partial charge < -0.3 is 20.1 Å². The minimum absolute atomic E-state index is 0.0575. The number of hydrogen-bond acceptors (Lipinski definition) is 8. The van der Waals surface area contributed by atoms with Gasteiger partial charge in [0, 0.05) is 30.9 Å². The summed E-state index contributed by atoms with van der Waals surface area (Å²) in [4.78, 5) is 35.6. The van der Waals surface area contributed by atoms with Crippen LogP contribution in [0.3, 0.4) is 0 Å². The number of halogens is 3. The number of non-ortho nitro benzene ring substituents is 1. The van der Waals surface area contributed by atoms with Gasteiger partial charge in [-0.05, 0) is 37.5 Å². The summed E-state index contributed by atoms with van der Waals surface area (Å²) in [6, 6.07) is 13.2. The van der Waals surface area contributed by atoms with Crippen molar-refractivity contribution in [3.63, 3.8) is 0 Å². The number of dihydropyridines is 1. The Morgan fingerprint density at radius 3 is 2.05 bits per heavy atom. The first kappa shape index (κ1) is 29.4. The molecule has 2 aromatic rings. The number of carbonyl (C=O) groups is 2. The fourth-order valence-electron chi connectivity index (χ4n) is 4.34. The first-order chi connectivity index (χ1) is 18.5. The van der Waals surface area contributed by atoms with Crippen LogP contribution in [0.15, 0.2) is 71.1 Å². The SMILES string of the molecule is CCOC(=O)C1=C(C)NC(C(F)(F)F)=C(C(=O)OCC)C1c1cccc([N+](=O)[O-])c1.c1ccc2c(c1)CNC2. The van der Waals surface area contributed by atoms with Gasteiger partial charge in [0.2, 0.25) is 0 Å². The van der Waals surface area contributed by atoms with Gasteiger partial charge in [-0.25, -0.2) is 9.59 Å². The number of carbonyl (C=O) groups excluding carboxylic acids is 2. The van der Waals surface area contributed by atoms with E-state index in [4.69, 9.17) is 9.47 Å². The van der Waals surface area contributed by atoms with Crippen molar-refractivity contribution in [3.05, 3.63) is 97.9 Å². The molecule has 208 valence electrons. The Labute approximate surface area is 222 Å². The Balaban J connectivity index is 0.000000387. The highest BCUT2D eigenvalue weighted by Gasteiger charge is 2.47. The molecule has 0 fully saturated rings. The largest absolute Gasteiger partial charge is 0.463 e. The molecule has 0 spiro atoms. The molecule has 0 saturated heterocycles. The highest BCUT2D eigenvalue weighted by atomic mass is 19.4. The zero-order valence-corrected chi connectivity index (χ0v) is 21.6. The number of alkyl halides is 3. The molecule has 0 amide bonds. The van der Waals surface area contributed by atoms with E-state index < -0.39 is 45.9 Å². The fraction of sp³-hybridized carbons (Fsp3) is 0.333. The molecule has 1 atom stereocenters. The second-order valence-electron chi connectivity index (χ2n) is 8.55. The van der Waals surface area contributed by atoms with Crippen LogP contribution >= 0.6 is 0 Å². The molecule has 39 heavy (non-hydrogen) atoms. The molecule has 0 radical (unpaired) electrons. The Morgan fingerprint density at radius 1 is 0.974 bits per heavy atom. The maximum absolute atomic E-state index is 13.8. The quantitative estimate of drug-likeness (QED) is 0.301. The second-order valence-corrected chi connectivity index (χ2v) is 8.55. The van der Waals surface area contributed by atoms with E-state index in [1.165, 1.54) is 44.0 Å². The van der Waals surface area contributed by atoms with Gasteiger partial charge in [0.25, 0.3) is 5.69 Å². The molecule has 2 heterocycles. The van der Waals surface area contributed by atoms with Crippen molar-refractivity contribution in [2.75, 3.05) is 13.2 Å². The van der Waals surface area contributed by atoms with E-state index >= 15 is 0 Å². The van der Waals surface area contributed by atoms with Gasteiger partial charge in [-0.1, -0.05) is 36.4 Å². The number of allylic oxidation sites excluding steroid dienone is 2. The van der Waals surface area contributed by atoms with Crippen molar-refractivity contribution in [2.45, 2.75) is 46.0 Å². The van der Waals surface area contributed by atoms with E-state index in [-0.39, 0.29) is 30.0 Å². The maximum atomic E-state index is 13.8. The molecule has 0 aromatic heterocycles. The zero-order valence-electron chi connectivity index (χ0n) is 21.6. The Morgan fingerprint density at radius 2 is 1.54 bits per heavy atom. The summed E-state index contributed by atoms with van der Waals surface area (Å²) in [6.45, 7) is 5.97. The smallest absolute Gasteiger partial charge is 0.431 e. The van der Waals surface area contributed by atoms with Crippen molar-refractivity contribution < 1.29 is 37.2 Å². The molecular weight excluding hydrogens is 519 g/mol. The number of ether oxygens (including phenoxy) is 2. The summed E-state index contributed by atoms with van der Waals surface area (Å²) in [5.41, 5.74) is -0.295. The van der Waals surface area contributed by atoms with E-state index in [1.807, 2.05) is 0 Å². The lowest BCUT2D eigenvalue weighted by Crippen LogP contribution is -2.38. The molecule has 2 aromatic carbocycles. The van der Waals surface area contributed by atoms with E-state index in [2.05, 4.69) is 34.9 Å². The number of fused-ring (bicyclic) bond motifs is 1. The number of nitro groups is 1. The molecule has 9 nitrogen and oxygen atoms in total.